The van der Waals surface area contributed by atoms with E-state index in [4.69, 9.17) is 9.47 Å². The molecule has 1 saturated heterocycles. The van der Waals surface area contributed by atoms with Crippen LogP contribution in [-0.2, 0) is 11.2 Å². The zero-order valence-corrected chi connectivity index (χ0v) is 21.8. The number of aliphatic hydroxyl groups is 3. The molecule has 0 bridgehead atoms. The summed E-state index contributed by atoms with van der Waals surface area (Å²) in [6, 6.07) is 17.1. The van der Waals surface area contributed by atoms with E-state index in [1.54, 1.807) is 48.5 Å². The van der Waals surface area contributed by atoms with Gasteiger partial charge in [0.15, 0.2) is 23.0 Å². The molecule has 1 fully saturated rings. The third-order valence-electron chi connectivity index (χ3n) is 6.94. The van der Waals surface area contributed by atoms with Crippen molar-refractivity contribution in [1.82, 2.24) is 0 Å². The summed E-state index contributed by atoms with van der Waals surface area (Å²) in [4.78, 5) is 32.7. The van der Waals surface area contributed by atoms with Crippen molar-refractivity contribution in [2.24, 2.45) is 10.2 Å². The maximum atomic E-state index is 14.0. The van der Waals surface area contributed by atoms with E-state index in [-0.39, 0.29) is 11.1 Å². The summed E-state index contributed by atoms with van der Waals surface area (Å²) in [6.07, 6.45) is -4.56. The van der Waals surface area contributed by atoms with Crippen molar-refractivity contribution in [3.8, 4) is 5.75 Å². The van der Waals surface area contributed by atoms with E-state index in [2.05, 4.69) is 20.1 Å². The minimum atomic E-state index is -2.97. The topological polar surface area (TPSA) is 211 Å². The van der Waals surface area contributed by atoms with E-state index in [0.29, 0.717) is 11.3 Å². The Kier molecular flexibility index (Phi) is 8.70. The maximum Gasteiger partial charge on any atom is 0.195 e. The van der Waals surface area contributed by atoms with Gasteiger partial charge in [-0.05, 0) is 28.8 Å². The molecule has 0 saturated carbocycles. The Morgan fingerprint density at radius 1 is 0.927 bits per heavy atom. The lowest BCUT2D eigenvalue weighted by Gasteiger charge is -2.53. The molecule has 210 valence electrons. The van der Waals surface area contributed by atoms with Gasteiger partial charge in [0, 0.05) is 27.4 Å². The second-order valence-corrected chi connectivity index (χ2v) is 9.40. The Hall–Kier alpha value is -4.74. The van der Waals surface area contributed by atoms with Crippen molar-refractivity contribution < 1.29 is 34.4 Å². The average molecular weight is 559 g/mol. The minimum Gasteiger partial charge on any atom is -0.497 e. The third kappa shape index (κ3) is 5.63. The number of aliphatic hydroxyl groups excluding tert-OH is 1. The molecular formula is C28H26N6O7. The summed E-state index contributed by atoms with van der Waals surface area (Å²) in [7, 11) is 1.46. The molecule has 4 rings (SSSR count). The van der Waals surface area contributed by atoms with Crippen LogP contribution >= 0.6 is 0 Å². The summed E-state index contributed by atoms with van der Waals surface area (Å²) in [5.41, 5.74) is 16.3. The Bertz CT molecular complexity index is 1490. The van der Waals surface area contributed by atoms with Gasteiger partial charge in [0.1, 0.15) is 30.0 Å². The third-order valence-corrected chi connectivity index (χ3v) is 6.94. The van der Waals surface area contributed by atoms with E-state index in [1.807, 2.05) is 0 Å². The molecule has 3 N–H and O–H groups in total. The van der Waals surface area contributed by atoms with Crippen LogP contribution in [0.25, 0.3) is 20.9 Å². The number of azide groups is 2. The molecule has 0 spiro atoms. The van der Waals surface area contributed by atoms with Gasteiger partial charge in [0.25, 0.3) is 0 Å². The van der Waals surface area contributed by atoms with Crippen molar-refractivity contribution in [2.75, 3.05) is 7.11 Å². The first-order chi connectivity index (χ1) is 19.7. The van der Waals surface area contributed by atoms with Crippen molar-refractivity contribution in [2.45, 2.75) is 42.1 Å². The number of hydrogen-bond donors (Lipinski definition) is 3. The van der Waals surface area contributed by atoms with Crippen molar-refractivity contribution in [1.29, 1.82) is 0 Å². The molecule has 6 atom stereocenters. The van der Waals surface area contributed by atoms with Crippen LogP contribution in [0.4, 0.5) is 0 Å². The standard InChI is InChI=1S/C28H26N6O7/c1-40-20-14-12-17(13-15-20)16-27(38)26(32-34-30)28(39,25(37)19-10-6-3-7-11-19)24(31-33-29)23(41-27)22(36)21(35)18-8-4-2-5-9-18/h2-15,22-24,26,36,38-39H,16H2,1H3/t22?,23-,24-,26-,27-,28-/m1/s1. The van der Waals surface area contributed by atoms with Crippen LogP contribution in [0.15, 0.2) is 95.2 Å². The molecule has 1 aliphatic heterocycles. The number of ketones is 2. The van der Waals surface area contributed by atoms with Gasteiger partial charge < -0.3 is 24.8 Å². The number of rotatable bonds is 10. The molecule has 0 radical (unpaired) electrons. The minimum absolute atomic E-state index is 0.0528. The van der Waals surface area contributed by atoms with E-state index in [9.17, 15) is 36.0 Å². The molecule has 1 heterocycles. The molecule has 41 heavy (non-hydrogen) atoms. The maximum absolute atomic E-state index is 14.0. The molecule has 0 aromatic heterocycles. The first kappa shape index (κ1) is 29.2. The second-order valence-electron chi connectivity index (χ2n) is 9.40. The number of benzene rings is 3. The molecule has 1 aliphatic rings. The molecule has 0 aliphatic carbocycles. The first-order valence-corrected chi connectivity index (χ1v) is 12.4. The summed E-state index contributed by atoms with van der Waals surface area (Å²) in [5.74, 6) is -4.16. The van der Waals surface area contributed by atoms with E-state index in [1.165, 1.54) is 43.5 Å². The quantitative estimate of drug-likeness (QED) is 0.146. The van der Waals surface area contributed by atoms with Gasteiger partial charge in [-0.2, -0.15) is 0 Å². The number of hydrogen-bond acceptors (Lipinski definition) is 9. The van der Waals surface area contributed by atoms with Gasteiger partial charge >= 0.3 is 0 Å². The number of carbonyl (C=O) groups is 2. The number of carbonyl (C=O) groups excluding carboxylic acids is 2. The fraction of sp³-hybridized carbons (Fsp3) is 0.286. The second kappa shape index (κ2) is 12.2. The lowest BCUT2D eigenvalue weighted by Crippen LogP contribution is -2.75. The molecule has 3 aromatic carbocycles. The molecule has 1 unspecified atom stereocenters. The van der Waals surface area contributed by atoms with Crippen LogP contribution in [0.2, 0.25) is 0 Å². The van der Waals surface area contributed by atoms with Gasteiger partial charge in [0.2, 0.25) is 0 Å². The highest BCUT2D eigenvalue weighted by molar-refractivity contribution is 6.04. The fourth-order valence-electron chi connectivity index (χ4n) is 4.97. The van der Waals surface area contributed by atoms with Crippen molar-refractivity contribution >= 4 is 11.6 Å². The lowest BCUT2D eigenvalue weighted by molar-refractivity contribution is -0.308. The smallest absolute Gasteiger partial charge is 0.195 e. The molecular weight excluding hydrogens is 532 g/mol. The number of nitrogens with zero attached hydrogens (tertiary/aromatic N) is 6. The number of ether oxygens (including phenoxy) is 2. The van der Waals surface area contributed by atoms with Crippen molar-refractivity contribution in [3.05, 3.63) is 123 Å². The zero-order valence-electron chi connectivity index (χ0n) is 21.8. The zero-order chi connectivity index (χ0) is 29.6. The van der Waals surface area contributed by atoms with E-state index in [0.717, 1.165) is 0 Å². The van der Waals surface area contributed by atoms with Crippen LogP contribution in [0, 0.1) is 0 Å². The first-order valence-electron chi connectivity index (χ1n) is 12.4. The van der Waals surface area contributed by atoms with Crippen molar-refractivity contribution in [3.63, 3.8) is 0 Å². The van der Waals surface area contributed by atoms with Crippen LogP contribution in [0.3, 0.4) is 0 Å². The molecule has 3 aromatic rings. The van der Waals surface area contributed by atoms with Gasteiger partial charge in [-0.1, -0.05) is 83.0 Å². The van der Waals surface area contributed by atoms with E-state index >= 15 is 0 Å². The van der Waals surface area contributed by atoms with Crippen LogP contribution in [-0.4, -0.2) is 69.7 Å². The number of Topliss-reactive ketones (excluding diaryl/α,β-unsaturated/α-hetero) is 2. The number of methoxy groups -OCH3 is 1. The lowest BCUT2D eigenvalue weighted by atomic mass is 9.70. The summed E-state index contributed by atoms with van der Waals surface area (Å²) in [5, 5.41) is 42.5. The van der Waals surface area contributed by atoms with Crippen LogP contribution in [0.1, 0.15) is 26.3 Å². The monoisotopic (exact) mass is 558 g/mol. The summed E-state index contributed by atoms with van der Waals surface area (Å²) < 4.78 is 11.0. The van der Waals surface area contributed by atoms with Gasteiger partial charge in [-0.3, -0.25) is 9.59 Å². The highest BCUT2D eigenvalue weighted by Gasteiger charge is 2.66. The Morgan fingerprint density at radius 3 is 2.02 bits per heavy atom. The predicted molar refractivity (Wildman–Crippen MR) is 145 cm³/mol. The Labute approximate surface area is 233 Å². The van der Waals surface area contributed by atoms with Crippen LogP contribution < -0.4 is 4.74 Å². The molecule has 0 amide bonds. The van der Waals surface area contributed by atoms with Crippen LogP contribution in [0.5, 0.6) is 5.75 Å². The van der Waals surface area contributed by atoms with Gasteiger partial charge in [0.05, 0.1) is 7.11 Å². The SMILES string of the molecule is COc1ccc(C[C@@]2(O)O[C@H](C(O)C(=O)c3ccccc3)[C@@H](N=[N+]=[N-])[C@@](O)(C(=O)c3ccccc3)[C@@H]2N=[N+]=[N-])cc1. The average Bonchev–Trinajstić information content (AvgIpc) is 3.00. The summed E-state index contributed by atoms with van der Waals surface area (Å²) in [6.45, 7) is 0. The highest BCUT2D eigenvalue weighted by Crippen LogP contribution is 2.44. The normalized spacial score (nSPS) is 26.1. The van der Waals surface area contributed by atoms with Gasteiger partial charge in [-0.15, -0.1) is 0 Å². The van der Waals surface area contributed by atoms with Gasteiger partial charge in [-0.25, -0.2) is 0 Å². The highest BCUT2D eigenvalue weighted by atomic mass is 16.6. The molecule has 13 nitrogen and oxygen atoms in total. The molecule has 13 heteroatoms. The van der Waals surface area contributed by atoms with E-state index < -0.39 is 53.7 Å². The Balaban J connectivity index is 1.91. The predicted octanol–water partition coefficient (Wildman–Crippen LogP) is 3.54. The Morgan fingerprint density at radius 2 is 1.49 bits per heavy atom. The summed E-state index contributed by atoms with van der Waals surface area (Å²) >= 11 is 0. The fourth-order valence-corrected chi connectivity index (χ4v) is 4.97. The largest absolute Gasteiger partial charge is 0.497 e.